The van der Waals surface area contributed by atoms with E-state index in [4.69, 9.17) is 4.74 Å². The lowest BCUT2D eigenvalue weighted by molar-refractivity contribution is 0.375. The summed E-state index contributed by atoms with van der Waals surface area (Å²) in [5.74, 6) is 0.340. The van der Waals surface area contributed by atoms with Crippen molar-refractivity contribution >= 4 is 26.0 Å². The Bertz CT molecular complexity index is 804. The van der Waals surface area contributed by atoms with E-state index in [-0.39, 0.29) is 10.9 Å². The second kappa shape index (κ2) is 7.68. The molecule has 0 bridgehead atoms. The van der Waals surface area contributed by atoms with E-state index in [2.05, 4.69) is 15.9 Å². The summed E-state index contributed by atoms with van der Waals surface area (Å²) in [7, 11) is -0.577. The normalized spacial score (nSPS) is 13.1. The maximum Gasteiger partial charge on any atom is 0.246 e. The summed E-state index contributed by atoms with van der Waals surface area (Å²) in [6.07, 6.45) is 0.645. The van der Waals surface area contributed by atoms with Crippen LogP contribution in [0.25, 0.3) is 0 Å². The van der Waals surface area contributed by atoms with E-state index in [9.17, 15) is 8.42 Å². The Balaban J connectivity index is 2.28. The first-order valence-electron chi connectivity index (χ1n) is 7.63. The maximum absolute atomic E-state index is 13.0. The topological polar surface area (TPSA) is 46.6 Å². The first-order valence-corrected chi connectivity index (χ1v) is 9.86. The number of halogens is 1. The first kappa shape index (κ1) is 19.0. The van der Waals surface area contributed by atoms with Crippen LogP contribution in [0.5, 0.6) is 5.75 Å². The number of rotatable bonds is 6. The zero-order valence-electron chi connectivity index (χ0n) is 14.3. The molecular formula is C18H22BrNO3S. The maximum atomic E-state index is 13.0. The molecule has 2 aromatic rings. The third kappa shape index (κ3) is 4.18. The van der Waals surface area contributed by atoms with Gasteiger partial charge in [0, 0.05) is 17.6 Å². The van der Waals surface area contributed by atoms with Crippen LogP contribution in [0.3, 0.4) is 0 Å². The average molecular weight is 412 g/mol. The molecule has 0 radical (unpaired) electrons. The van der Waals surface area contributed by atoms with Crippen molar-refractivity contribution in [2.24, 2.45) is 0 Å². The highest BCUT2D eigenvalue weighted by molar-refractivity contribution is 9.10. The van der Waals surface area contributed by atoms with Crippen LogP contribution >= 0.6 is 15.9 Å². The molecular weight excluding hydrogens is 390 g/mol. The fourth-order valence-corrected chi connectivity index (χ4v) is 4.49. The predicted octanol–water partition coefficient (Wildman–Crippen LogP) is 4.02. The van der Waals surface area contributed by atoms with Gasteiger partial charge in [-0.3, -0.25) is 0 Å². The number of nitrogens with zero attached hydrogens (tertiary/aromatic N) is 1. The van der Waals surface area contributed by atoms with Crippen molar-refractivity contribution in [3.8, 4) is 5.75 Å². The molecule has 0 N–H and O–H groups in total. The van der Waals surface area contributed by atoms with Gasteiger partial charge in [0.15, 0.2) is 0 Å². The lowest BCUT2D eigenvalue weighted by atomic mass is 10.1. The van der Waals surface area contributed by atoms with Gasteiger partial charge in [0.25, 0.3) is 0 Å². The molecule has 1 atom stereocenters. The molecule has 0 spiro atoms. The van der Waals surface area contributed by atoms with E-state index in [1.54, 1.807) is 25.2 Å². The summed E-state index contributed by atoms with van der Waals surface area (Å²) < 4.78 is 33.3. The highest BCUT2D eigenvalue weighted by Gasteiger charge is 2.28. The van der Waals surface area contributed by atoms with E-state index in [1.807, 2.05) is 38.1 Å². The highest BCUT2D eigenvalue weighted by Crippen LogP contribution is 2.30. The Morgan fingerprint density at radius 2 is 1.79 bits per heavy atom. The van der Waals surface area contributed by atoms with Gasteiger partial charge in [-0.25, -0.2) is 8.42 Å². The quantitative estimate of drug-likeness (QED) is 0.720. The van der Waals surface area contributed by atoms with Crippen LogP contribution in [0.2, 0.25) is 0 Å². The monoisotopic (exact) mass is 411 g/mol. The van der Waals surface area contributed by atoms with Gasteiger partial charge < -0.3 is 4.74 Å². The van der Waals surface area contributed by atoms with Crippen molar-refractivity contribution in [2.75, 3.05) is 14.2 Å². The fourth-order valence-electron chi connectivity index (χ4n) is 2.44. The molecule has 2 rings (SSSR count). The van der Waals surface area contributed by atoms with Gasteiger partial charge in [-0.1, -0.05) is 45.8 Å². The number of sulfonamides is 1. The van der Waals surface area contributed by atoms with Crippen molar-refractivity contribution < 1.29 is 13.2 Å². The van der Waals surface area contributed by atoms with Crippen molar-refractivity contribution in [3.05, 3.63) is 58.1 Å². The Labute approximate surface area is 152 Å². The van der Waals surface area contributed by atoms with Gasteiger partial charge in [0.2, 0.25) is 10.0 Å². The summed E-state index contributed by atoms with van der Waals surface area (Å²) in [5.41, 5.74) is 2.29. The Morgan fingerprint density at radius 3 is 2.38 bits per heavy atom. The molecule has 2 aromatic carbocycles. The smallest absolute Gasteiger partial charge is 0.246 e. The van der Waals surface area contributed by atoms with Gasteiger partial charge in [-0.05, 0) is 44.0 Å². The van der Waals surface area contributed by atoms with E-state index >= 15 is 0 Å². The SMILES string of the molecule is COc1ccc(Br)cc1S(=O)(=O)N(C)C(C)Cc1ccc(C)cc1. The third-order valence-corrected chi connectivity index (χ3v) is 6.54. The van der Waals surface area contributed by atoms with Crippen LogP contribution in [-0.2, 0) is 16.4 Å². The molecule has 0 saturated heterocycles. The predicted molar refractivity (Wildman–Crippen MR) is 100.0 cm³/mol. The van der Waals surface area contributed by atoms with Crippen molar-refractivity contribution in [1.29, 1.82) is 0 Å². The Hall–Kier alpha value is -1.37. The van der Waals surface area contributed by atoms with Gasteiger partial charge in [-0.15, -0.1) is 0 Å². The molecule has 0 amide bonds. The average Bonchev–Trinajstić information content (AvgIpc) is 2.56. The van der Waals surface area contributed by atoms with E-state index < -0.39 is 10.0 Å². The number of hydrogen-bond donors (Lipinski definition) is 0. The van der Waals surface area contributed by atoms with Crippen LogP contribution < -0.4 is 4.74 Å². The van der Waals surface area contributed by atoms with Crippen LogP contribution in [0.4, 0.5) is 0 Å². The van der Waals surface area contributed by atoms with Crippen molar-refractivity contribution in [3.63, 3.8) is 0 Å². The minimum atomic E-state index is -3.65. The molecule has 0 aromatic heterocycles. The zero-order valence-corrected chi connectivity index (χ0v) is 16.7. The molecule has 0 aliphatic rings. The second-order valence-electron chi connectivity index (χ2n) is 5.86. The number of ether oxygens (including phenoxy) is 1. The Morgan fingerprint density at radius 1 is 1.17 bits per heavy atom. The van der Waals surface area contributed by atoms with Crippen molar-refractivity contribution in [1.82, 2.24) is 4.31 Å². The highest BCUT2D eigenvalue weighted by atomic mass is 79.9. The van der Waals surface area contributed by atoms with Crippen LogP contribution in [0.1, 0.15) is 18.1 Å². The molecule has 4 nitrogen and oxygen atoms in total. The standard InChI is InChI=1S/C18H22BrNO3S/c1-13-5-7-15(8-6-13)11-14(2)20(3)24(21,22)18-12-16(19)9-10-17(18)23-4/h5-10,12,14H,11H2,1-4H3. The van der Waals surface area contributed by atoms with E-state index in [1.165, 1.54) is 17.0 Å². The first-order chi connectivity index (χ1) is 11.3. The van der Waals surface area contributed by atoms with Crippen molar-refractivity contribution in [2.45, 2.75) is 31.2 Å². The number of hydrogen-bond acceptors (Lipinski definition) is 3. The fraction of sp³-hybridized carbons (Fsp3) is 0.333. The lowest BCUT2D eigenvalue weighted by Gasteiger charge is -2.25. The second-order valence-corrected chi connectivity index (χ2v) is 8.74. The van der Waals surface area contributed by atoms with Gasteiger partial charge in [0.05, 0.1) is 7.11 Å². The molecule has 0 fully saturated rings. The Kier molecular flexibility index (Phi) is 6.06. The zero-order chi connectivity index (χ0) is 17.9. The third-order valence-electron chi connectivity index (χ3n) is 4.06. The molecule has 6 heteroatoms. The molecule has 0 aliphatic heterocycles. The summed E-state index contributed by atoms with van der Waals surface area (Å²) in [5, 5.41) is 0. The molecule has 0 aliphatic carbocycles. The van der Waals surface area contributed by atoms with E-state index in [0.29, 0.717) is 16.6 Å². The molecule has 0 saturated carbocycles. The largest absolute Gasteiger partial charge is 0.495 e. The summed E-state index contributed by atoms with van der Waals surface area (Å²) >= 11 is 3.33. The molecule has 0 heterocycles. The summed E-state index contributed by atoms with van der Waals surface area (Å²) in [6, 6.07) is 12.9. The number of benzene rings is 2. The molecule has 1 unspecified atom stereocenters. The summed E-state index contributed by atoms with van der Waals surface area (Å²) in [6.45, 7) is 3.94. The molecule has 130 valence electrons. The lowest BCUT2D eigenvalue weighted by Crippen LogP contribution is -2.36. The minimum absolute atomic E-state index is 0.164. The molecule has 24 heavy (non-hydrogen) atoms. The van der Waals surface area contributed by atoms with Gasteiger partial charge in [0.1, 0.15) is 10.6 Å². The van der Waals surface area contributed by atoms with Crippen LogP contribution in [0.15, 0.2) is 51.8 Å². The van der Waals surface area contributed by atoms with Gasteiger partial charge in [-0.2, -0.15) is 4.31 Å². The summed E-state index contributed by atoms with van der Waals surface area (Å²) in [4.78, 5) is 0.164. The van der Waals surface area contributed by atoms with E-state index in [0.717, 1.165) is 5.56 Å². The number of likely N-dealkylation sites (N-methyl/N-ethyl adjacent to an activating group) is 1. The van der Waals surface area contributed by atoms with Crippen LogP contribution in [0, 0.1) is 6.92 Å². The minimum Gasteiger partial charge on any atom is -0.495 e. The van der Waals surface area contributed by atoms with Gasteiger partial charge >= 0.3 is 0 Å². The number of aryl methyl sites for hydroxylation is 1. The number of methoxy groups -OCH3 is 1. The van der Waals surface area contributed by atoms with Crippen LogP contribution in [-0.4, -0.2) is 32.9 Å².